The van der Waals surface area contributed by atoms with Gasteiger partial charge in [-0.1, -0.05) is 12.1 Å². The number of phenolic OH excluding ortho intramolecular Hbond substituents is 1. The van der Waals surface area contributed by atoms with Crippen LogP contribution >= 0.6 is 0 Å². The smallest absolute Gasteiger partial charge is 0.410 e. The number of carbonyl (C=O) groups excluding carboxylic acids is 1. The minimum Gasteiger partial charge on any atom is -0.508 e. The van der Waals surface area contributed by atoms with Crippen LogP contribution in [-0.4, -0.2) is 41.0 Å². The van der Waals surface area contributed by atoms with E-state index in [1.165, 1.54) is 4.90 Å². The Hall–Kier alpha value is -1.78. The van der Waals surface area contributed by atoms with Crippen molar-refractivity contribution in [3.05, 3.63) is 29.8 Å². The molecule has 2 atom stereocenters. The third kappa shape index (κ3) is 4.09. The van der Waals surface area contributed by atoms with Crippen LogP contribution < -0.4 is 0 Å². The third-order valence-electron chi connectivity index (χ3n) is 3.51. The van der Waals surface area contributed by atoms with Crippen LogP contribution in [0.5, 0.6) is 5.75 Å². The molecule has 1 aromatic rings. The molecule has 1 fully saturated rings. The van der Waals surface area contributed by atoms with Gasteiger partial charge in [0.2, 0.25) is 0 Å². The van der Waals surface area contributed by atoms with E-state index in [-0.39, 0.29) is 18.2 Å². The van der Waals surface area contributed by atoms with Crippen LogP contribution in [0, 0.1) is 0 Å². The zero-order valence-electron chi connectivity index (χ0n) is 12.7. The Labute approximate surface area is 124 Å². The first-order valence-electron chi connectivity index (χ1n) is 7.17. The molecule has 1 aliphatic heterocycles. The van der Waals surface area contributed by atoms with E-state index >= 15 is 0 Å². The fourth-order valence-corrected chi connectivity index (χ4v) is 2.49. The molecular formula is C16H22FNO3. The summed E-state index contributed by atoms with van der Waals surface area (Å²) in [6, 6.07) is 6.58. The highest BCUT2D eigenvalue weighted by Gasteiger charge is 2.34. The number of aromatic hydroxyl groups is 1. The van der Waals surface area contributed by atoms with Crippen LogP contribution in [0.25, 0.3) is 0 Å². The highest BCUT2D eigenvalue weighted by atomic mass is 19.1. The van der Waals surface area contributed by atoms with Crippen LogP contribution in [0.1, 0.15) is 38.7 Å². The number of ether oxygens (including phenoxy) is 1. The molecule has 1 N–H and O–H groups in total. The van der Waals surface area contributed by atoms with E-state index in [9.17, 15) is 14.3 Å². The van der Waals surface area contributed by atoms with Gasteiger partial charge in [0.05, 0.1) is 6.54 Å². The van der Waals surface area contributed by atoms with E-state index in [4.69, 9.17) is 4.74 Å². The number of rotatable bonds is 1. The Morgan fingerprint density at radius 1 is 1.33 bits per heavy atom. The number of carbonyl (C=O) groups is 1. The molecule has 0 saturated carbocycles. The van der Waals surface area contributed by atoms with Crippen molar-refractivity contribution in [1.29, 1.82) is 0 Å². The van der Waals surface area contributed by atoms with Gasteiger partial charge >= 0.3 is 6.09 Å². The Kier molecular flexibility index (Phi) is 4.40. The lowest BCUT2D eigenvalue weighted by Crippen LogP contribution is -2.46. The Bertz CT molecular complexity index is 495. The van der Waals surface area contributed by atoms with E-state index in [2.05, 4.69) is 0 Å². The molecule has 21 heavy (non-hydrogen) atoms. The van der Waals surface area contributed by atoms with Crippen molar-refractivity contribution in [2.75, 3.05) is 13.1 Å². The van der Waals surface area contributed by atoms with E-state index in [1.807, 2.05) is 0 Å². The summed E-state index contributed by atoms with van der Waals surface area (Å²) in [6.07, 6.45) is -1.05. The van der Waals surface area contributed by atoms with Crippen molar-refractivity contribution < 1.29 is 19.0 Å². The Balaban J connectivity index is 1.99. The van der Waals surface area contributed by atoms with Gasteiger partial charge < -0.3 is 14.7 Å². The standard InChI is InChI=1S/C16H22FNO3/c1-16(2,3)21-15(20)18-9-8-13(14(17)10-18)11-4-6-12(19)7-5-11/h4-7,13-14,19H,8-10H2,1-3H3/t13-,14?/m0/s1. The molecular weight excluding hydrogens is 273 g/mol. The monoisotopic (exact) mass is 295 g/mol. The molecule has 0 bridgehead atoms. The maximum atomic E-state index is 14.4. The number of likely N-dealkylation sites (tertiary alicyclic amines) is 1. The number of amides is 1. The fourth-order valence-electron chi connectivity index (χ4n) is 2.49. The molecule has 0 aliphatic carbocycles. The van der Waals surface area contributed by atoms with Crippen LogP contribution in [0.3, 0.4) is 0 Å². The topological polar surface area (TPSA) is 49.8 Å². The first-order valence-corrected chi connectivity index (χ1v) is 7.17. The van der Waals surface area contributed by atoms with Crippen LogP contribution in [0.4, 0.5) is 9.18 Å². The Morgan fingerprint density at radius 3 is 2.48 bits per heavy atom. The van der Waals surface area contributed by atoms with Gasteiger partial charge in [-0.2, -0.15) is 0 Å². The summed E-state index contributed by atoms with van der Waals surface area (Å²) in [6.45, 7) is 5.89. The molecule has 0 spiro atoms. The van der Waals surface area contributed by atoms with E-state index in [0.29, 0.717) is 13.0 Å². The van der Waals surface area contributed by atoms with Crippen molar-refractivity contribution in [2.24, 2.45) is 0 Å². The van der Waals surface area contributed by atoms with E-state index in [1.54, 1.807) is 45.0 Å². The van der Waals surface area contributed by atoms with Crippen LogP contribution in [-0.2, 0) is 4.74 Å². The normalized spacial score (nSPS) is 23.0. The summed E-state index contributed by atoms with van der Waals surface area (Å²) in [5.74, 6) is -0.0790. The minimum atomic E-state index is -1.13. The second-order valence-electron chi connectivity index (χ2n) is 6.43. The third-order valence-corrected chi connectivity index (χ3v) is 3.51. The summed E-state index contributed by atoms with van der Waals surface area (Å²) in [7, 11) is 0. The predicted octanol–water partition coefficient (Wildman–Crippen LogP) is 3.45. The van der Waals surface area contributed by atoms with E-state index < -0.39 is 17.9 Å². The van der Waals surface area contributed by atoms with Gasteiger partial charge in [-0.25, -0.2) is 9.18 Å². The average molecular weight is 295 g/mol. The predicted molar refractivity (Wildman–Crippen MR) is 78.2 cm³/mol. The lowest BCUT2D eigenvalue weighted by Gasteiger charge is -2.35. The van der Waals surface area contributed by atoms with Gasteiger partial charge in [0.1, 0.15) is 17.5 Å². The summed E-state index contributed by atoms with van der Waals surface area (Å²) in [5, 5.41) is 9.28. The van der Waals surface area contributed by atoms with Crippen molar-refractivity contribution in [3.63, 3.8) is 0 Å². The summed E-state index contributed by atoms with van der Waals surface area (Å²) in [5.41, 5.74) is 0.278. The molecule has 0 aromatic heterocycles. The highest BCUT2D eigenvalue weighted by molar-refractivity contribution is 5.68. The molecule has 4 nitrogen and oxygen atoms in total. The highest BCUT2D eigenvalue weighted by Crippen LogP contribution is 2.31. The number of alkyl halides is 1. The quantitative estimate of drug-likeness (QED) is 0.863. The number of phenols is 1. The van der Waals surface area contributed by atoms with Crippen LogP contribution in [0.2, 0.25) is 0 Å². The summed E-state index contributed by atoms with van der Waals surface area (Å²) in [4.78, 5) is 13.4. The van der Waals surface area contributed by atoms with Gasteiger partial charge in [0, 0.05) is 12.5 Å². The van der Waals surface area contributed by atoms with Crippen molar-refractivity contribution in [3.8, 4) is 5.75 Å². The van der Waals surface area contributed by atoms with Crippen molar-refractivity contribution >= 4 is 6.09 Å². The molecule has 2 rings (SSSR count). The number of hydrogen-bond donors (Lipinski definition) is 1. The molecule has 116 valence electrons. The number of benzene rings is 1. The van der Waals surface area contributed by atoms with E-state index in [0.717, 1.165) is 5.56 Å². The maximum Gasteiger partial charge on any atom is 0.410 e. The first-order chi connectivity index (χ1) is 9.76. The Morgan fingerprint density at radius 2 is 1.95 bits per heavy atom. The molecule has 1 heterocycles. The zero-order chi connectivity index (χ0) is 15.6. The molecule has 1 unspecified atom stereocenters. The van der Waals surface area contributed by atoms with Gasteiger partial charge in [-0.15, -0.1) is 0 Å². The zero-order valence-corrected chi connectivity index (χ0v) is 12.7. The number of piperidine rings is 1. The number of nitrogens with zero attached hydrogens (tertiary/aromatic N) is 1. The minimum absolute atomic E-state index is 0.0421. The second-order valence-corrected chi connectivity index (χ2v) is 6.43. The average Bonchev–Trinajstić information content (AvgIpc) is 2.38. The van der Waals surface area contributed by atoms with Gasteiger partial charge in [0.25, 0.3) is 0 Å². The fraction of sp³-hybridized carbons (Fsp3) is 0.562. The second kappa shape index (κ2) is 5.92. The largest absolute Gasteiger partial charge is 0.508 e. The van der Waals surface area contributed by atoms with Gasteiger partial charge in [-0.05, 0) is 44.9 Å². The van der Waals surface area contributed by atoms with Crippen LogP contribution in [0.15, 0.2) is 24.3 Å². The molecule has 1 saturated heterocycles. The van der Waals surface area contributed by atoms with Crippen molar-refractivity contribution in [2.45, 2.75) is 44.9 Å². The molecule has 0 radical (unpaired) electrons. The number of hydrogen-bond acceptors (Lipinski definition) is 3. The SMILES string of the molecule is CC(C)(C)OC(=O)N1CC[C@@H](c2ccc(O)cc2)C(F)C1. The molecule has 1 aromatic carbocycles. The van der Waals surface area contributed by atoms with Crippen molar-refractivity contribution in [1.82, 2.24) is 4.90 Å². The summed E-state index contributed by atoms with van der Waals surface area (Å²) >= 11 is 0. The lowest BCUT2D eigenvalue weighted by atomic mass is 9.88. The van der Waals surface area contributed by atoms with Gasteiger partial charge in [0.15, 0.2) is 0 Å². The maximum absolute atomic E-state index is 14.4. The molecule has 5 heteroatoms. The number of halogens is 1. The summed E-state index contributed by atoms with van der Waals surface area (Å²) < 4.78 is 19.6. The lowest BCUT2D eigenvalue weighted by molar-refractivity contribution is 0.0111. The molecule has 1 aliphatic rings. The first kappa shape index (κ1) is 15.6. The van der Waals surface area contributed by atoms with Gasteiger partial charge in [-0.3, -0.25) is 0 Å². The molecule has 1 amide bonds.